The summed E-state index contributed by atoms with van der Waals surface area (Å²) >= 11 is 0. The molecular formula is C38H27BN2. The van der Waals surface area contributed by atoms with Gasteiger partial charge in [0.15, 0.2) is 0 Å². The summed E-state index contributed by atoms with van der Waals surface area (Å²) in [4.78, 5) is 2.57. The molecule has 7 aromatic rings. The highest BCUT2D eigenvalue weighted by Crippen LogP contribution is 2.46. The van der Waals surface area contributed by atoms with Crippen LogP contribution in [-0.2, 0) is 0 Å². The van der Waals surface area contributed by atoms with Gasteiger partial charge < -0.3 is 9.38 Å². The highest BCUT2D eigenvalue weighted by molar-refractivity contribution is 6.92. The summed E-state index contributed by atoms with van der Waals surface area (Å²) in [6, 6.07) is 47.5. The zero-order valence-corrected chi connectivity index (χ0v) is 23.1. The second-order valence-corrected chi connectivity index (χ2v) is 11.5. The van der Waals surface area contributed by atoms with Gasteiger partial charge in [0.05, 0.1) is 11.0 Å². The zero-order chi connectivity index (χ0) is 27.2. The molecule has 0 fully saturated rings. The molecule has 2 aliphatic rings. The van der Waals surface area contributed by atoms with Crippen LogP contribution in [0.4, 0.5) is 11.4 Å². The lowest BCUT2D eigenvalue weighted by Crippen LogP contribution is -2.59. The van der Waals surface area contributed by atoms with Crippen LogP contribution in [0.2, 0.25) is 0 Å². The summed E-state index contributed by atoms with van der Waals surface area (Å²) in [7, 11) is 0. The molecular weight excluding hydrogens is 495 g/mol. The smallest absolute Gasteiger partial charge is 0.329 e. The van der Waals surface area contributed by atoms with E-state index in [0.717, 1.165) is 0 Å². The van der Waals surface area contributed by atoms with E-state index < -0.39 is 0 Å². The number of nitrogens with zero attached hydrogens (tertiary/aromatic N) is 2. The third kappa shape index (κ3) is 3.09. The van der Waals surface area contributed by atoms with Gasteiger partial charge in [-0.25, -0.2) is 0 Å². The van der Waals surface area contributed by atoms with Gasteiger partial charge in [-0.2, -0.15) is 0 Å². The number of para-hydroxylation sites is 1. The Morgan fingerprint density at radius 1 is 0.463 bits per heavy atom. The van der Waals surface area contributed by atoms with Gasteiger partial charge in [0.1, 0.15) is 0 Å². The van der Waals surface area contributed by atoms with Gasteiger partial charge >= 0.3 is 6.85 Å². The summed E-state index contributed by atoms with van der Waals surface area (Å²) in [5, 5.41) is 2.62. The third-order valence-corrected chi connectivity index (χ3v) is 9.09. The number of aryl methyl sites for hydroxylation is 2. The van der Waals surface area contributed by atoms with Crippen LogP contribution in [0.15, 0.2) is 127 Å². The van der Waals surface area contributed by atoms with E-state index in [-0.39, 0.29) is 6.85 Å². The van der Waals surface area contributed by atoms with Crippen LogP contribution in [0.25, 0.3) is 49.7 Å². The van der Waals surface area contributed by atoms with Crippen LogP contribution in [0.1, 0.15) is 11.1 Å². The molecule has 0 amide bonds. The van der Waals surface area contributed by atoms with Crippen molar-refractivity contribution in [2.75, 3.05) is 4.81 Å². The van der Waals surface area contributed by atoms with Gasteiger partial charge in [0.2, 0.25) is 0 Å². The van der Waals surface area contributed by atoms with Crippen molar-refractivity contribution in [3.63, 3.8) is 0 Å². The molecule has 192 valence electrons. The molecule has 2 aliphatic heterocycles. The molecule has 1 aromatic heterocycles. The molecule has 0 N–H and O–H groups in total. The highest BCUT2D eigenvalue weighted by Gasteiger charge is 2.41. The van der Waals surface area contributed by atoms with Crippen LogP contribution in [0.3, 0.4) is 0 Å². The topological polar surface area (TPSA) is 8.17 Å². The van der Waals surface area contributed by atoms with Crippen LogP contribution >= 0.6 is 0 Å². The molecule has 41 heavy (non-hydrogen) atoms. The Kier molecular flexibility index (Phi) is 4.58. The Morgan fingerprint density at radius 3 is 1.66 bits per heavy atom. The first-order valence-electron chi connectivity index (χ1n) is 14.4. The van der Waals surface area contributed by atoms with Gasteiger partial charge in [-0.3, -0.25) is 0 Å². The maximum atomic E-state index is 2.57. The standard InChI is InChI=1S/C38H27BN2/c1-24-15-18-35-30(21-24)31-22-25(2)16-19-36(31)40(35)26-17-20-38-32(23-26)28-10-4-7-13-34(28)39-33-12-6-3-9-27(33)29-11-5-8-14-37(29)41(38)39/h3-23H,1-2H3. The summed E-state index contributed by atoms with van der Waals surface area (Å²) in [5.41, 5.74) is 16.7. The minimum atomic E-state index is 0.134. The lowest BCUT2D eigenvalue weighted by Gasteiger charge is -2.43. The van der Waals surface area contributed by atoms with Crippen molar-refractivity contribution in [1.82, 2.24) is 4.57 Å². The molecule has 3 heterocycles. The predicted octanol–water partition coefficient (Wildman–Crippen LogP) is 8.31. The fraction of sp³-hybridized carbons (Fsp3) is 0.0526. The molecule has 0 saturated carbocycles. The van der Waals surface area contributed by atoms with Gasteiger partial charge in [-0.15, -0.1) is 0 Å². The zero-order valence-electron chi connectivity index (χ0n) is 23.1. The maximum Gasteiger partial charge on any atom is 0.329 e. The molecule has 3 heteroatoms. The van der Waals surface area contributed by atoms with Gasteiger partial charge in [-0.05, 0) is 84.4 Å². The molecule has 0 atom stereocenters. The van der Waals surface area contributed by atoms with E-state index in [1.54, 1.807) is 0 Å². The SMILES string of the molecule is Cc1ccc2c(c1)c1cc(C)ccc1n2-c1ccc2c(c1)-c1ccccc1B1c3ccccc3-c3ccccc3N12. The van der Waals surface area contributed by atoms with Crippen molar-refractivity contribution in [3.8, 4) is 27.9 Å². The molecule has 0 bridgehead atoms. The summed E-state index contributed by atoms with van der Waals surface area (Å²) in [5.74, 6) is 0. The number of aromatic nitrogens is 1. The van der Waals surface area contributed by atoms with Crippen molar-refractivity contribution < 1.29 is 0 Å². The van der Waals surface area contributed by atoms with Crippen LogP contribution < -0.4 is 15.7 Å². The normalized spacial score (nSPS) is 13.0. The van der Waals surface area contributed by atoms with Crippen LogP contribution in [0.5, 0.6) is 0 Å². The minimum Gasteiger partial charge on any atom is -0.376 e. The maximum absolute atomic E-state index is 2.57. The second-order valence-electron chi connectivity index (χ2n) is 11.5. The fourth-order valence-corrected chi connectivity index (χ4v) is 7.34. The van der Waals surface area contributed by atoms with Crippen molar-refractivity contribution in [3.05, 3.63) is 139 Å². The summed E-state index contributed by atoms with van der Waals surface area (Å²) in [6.07, 6.45) is 0. The van der Waals surface area contributed by atoms with E-state index in [4.69, 9.17) is 0 Å². The van der Waals surface area contributed by atoms with E-state index in [2.05, 4.69) is 151 Å². The molecule has 0 aliphatic carbocycles. The van der Waals surface area contributed by atoms with Crippen molar-refractivity contribution >= 4 is 51.0 Å². The minimum absolute atomic E-state index is 0.134. The molecule has 0 spiro atoms. The van der Waals surface area contributed by atoms with Crippen molar-refractivity contribution in [2.45, 2.75) is 13.8 Å². The molecule has 0 saturated heterocycles. The fourth-order valence-electron chi connectivity index (χ4n) is 7.34. The number of hydrogen-bond donors (Lipinski definition) is 0. The number of hydrogen-bond acceptors (Lipinski definition) is 1. The molecule has 6 aromatic carbocycles. The van der Waals surface area contributed by atoms with E-state index in [0.29, 0.717) is 0 Å². The second kappa shape index (κ2) is 8.25. The Balaban J connectivity index is 1.34. The predicted molar refractivity (Wildman–Crippen MR) is 175 cm³/mol. The van der Waals surface area contributed by atoms with E-state index in [1.165, 1.54) is 83.2 Å². The first kappa shape index (κ1) is 22.8. The first-order valence-corrected chi connectivity index (χ1v) is 14.4. The Morgan fingerprint density at radius 2 is 1.00 bits per heavy atom. The molecule has 0 unspecified atom stereocenters. The highest BCUT2D eigenvalue weighted by atomic mass is 15.1. The monoisotopic (exact) mass is 522 g/mol. The van der Waals surface area contributed by atoms with E-state index in [1.807, 2.05) is 0 Å². The number of fused-ring (bicyclic) bond motifs is 14. The lowest BCUT2D eigenvalue weighted by molar-refractivity contribution is 1.17. The quantitative estimate of drug-likeness (QED) is 0.197. The summed E-state index contributed by atoms with van der Waals surface area (Å²) < 4.78 is 2.44. The first-order chi connectivity index (χ1) is 20.2. The number of rotatable bonds is 1. The average molecular weight is 522 g/mol. The largest absolute Gasteiger partial charge is 0.376 e. The van der Waals surface area contributed by atoms with Crippen molar-refractivity contribution in [1.29, 1.82) is 0 Å². The third-order valence-electron chi connectivity index (χ3n) is 9.09. The molecule has 0 radical (unpaired) electrons. The Labute approximate surface area is 240 Å². The van der Waals surface area contributed by atoms with E-state index in [9.17, 15) is 0 Å². The number of anilines is 2. The lowest BCUT2D eigenvalue weighted by atomic mass is 9.43. The van der Waals surface area contributed by atoms with Gasteiger partial charge in [0, 0.05) is 39.0 Å². The van der Waals surface area contributed by atoms with Crippen LogP contribution in [0, 0.1) is 13.8 Å². The van der Waals surface area contributed by atoms with Crippen LogP contribution in [-0.4, -0.2) is 11.4 Å². The van der Waals surface area contributed by atoms with Gasteiger partial charge in [-0.1, -0.05) is 90.0 Å². The molecule has 2 nitrogen and oxygen atoms in total. The summed E-state index contributed by atoms with van der Waals surface area (Å²) in [6.45, 7) is 4.49. The molecule has 9 rings (SSSR count). The van der Waals surface area contributed by atoms with Crippen molar-refractivity contribution in [2.24, 2.45) is 0 Å². The number of benzene rings is 6. The average Bonchev–Trinajstić information content (AvgIpc) is 3.33. The van der Waals surface area contributed by atoms with E-state index >= 15 is 0 Å². The Hall–Kier alpha value is -5.02. The Bertz CT molecular complexity index is 2150. The van der Waals surface area contributed by atoms with Gasteiger partial charge in [0.25, 0.3) is 0 Å².